The van der Waals surface area contributed by atoms with Gasteiger partial charge in [-0.1, -0.05) is 40.5 Å². The zero-order chi connectivity index (χ0) is 12.6. The summed E-state index contributed by atoms with van der Waals surface area (Å²) in [7, 11) is 0. The maximum absolute atomic E-state index is 9.75. The Hall–Kier alpha value is -0.0800. The highest BCUT2D eigenvalue weighted by Crippen LogP contribution is 2.22. The molecule has 0 radical (unpaired) electrons. The van der Waals surface area contributed by atoms with E-state index in [1.807, 2.05) is 6.92 Å². The molecule has 0 saturated carbocycles. The molecule has 0 aromatic rings. The van der Waals surface area contributed by atoms with Gasteiger partial charge in [-0.2, -0.15) is 0 Å². The minimum atomic E-state index is -0.238. The summed E-state index contributed by atoms with van der Waals surface area (Å²) in [6.45, 7) is 14.0. The van der Waals surface area contributed by atoms with Crippen molar-refractivity contribution in [2.24, 2.45) is 5.41 Å². The predicted octanol–water partition coefficient (Wildman–Crippen LogP) is 3.30. The van der Waals surface area contributed by atoms with E-state index in [0.29, 0.717) is 0 Å². The molecule has 0 saturated heterocycles. The van der Waals surface area contributed by atoms with Crippen molar-refractivity contribution < 1.29 is 5.11 Å². The molecule has 98 valence electrons. The van der Waals surface area contributed by atoms with Gasteiger partial charge in [0, 0.05) is 12.0 Å². The molecule has 0 fully saturated rings. The third kappa shape index (κ3) is 6.49. The van der Waals surface area contributed by atoms with Crippen LogP contribution < -0.4 is 0 Å². The lowest BCUT2D eigenvalue weighted by Crippen LogP contribution is -2.41. The SMILES string of the molecule is CCCCN(CCCC)CC(C)(C)C(C)O. The van der Waals surface area contributed by atoms with Gasteiger partial charge in [-0.05, 0) is 32.9 Å². The van der Waals surface area contributed by atoms with E-state index < -0.39 is 0 Å². The van der Waals surface area contributed by atoms with Gasteiger partial charge < -0.3 is 10.0 Å². The first-order valence-corrected chi connectivity index (χ1v) is 6.84. The first kappa shape index (κ1) is 15.9. The molecule has 16 heavy (non-hydrogen) atoms. The maximum Gasteiger partial charge on any atom is 0.0575 e. The standard InChI is InChI=1S/C14H31NO/c1-6-8-10-15(11-9-7-2)12-14(4,5)13(3)16/h13,16H,6-12H2,1-5H3. The molecule has 0 aliphatic rings. The predicted molar refractivity (Wildman–Crippen MR) is 71.7 cm³/mol. The van der Waals surface area contributed by atoms with Crippen molar-refractivity contribution in [2.75, 3.05) is 19.6 Å². The molecule has 2 heteroatoms. The highest BCUT2D eigenvalue weighted by Gasteiger charge is 2.26. The molecule has 0 bridgehead atoms. The Labute approximate surface area is 102 Å². The first-order chi connectivity index (χ1) is 7.44. The van der Waals surface area contributed by atoms with Crippen LogP contribution >= 0.6 is 0 Å². The van der Waals surface area contributed by atoms with Gasteiger partial charge in [0.05, 0.1) is 6.10 Å². The van der Waals surface area contributed by atoms with Crippen LogP contribution in [-0.2, 0) is 0 Å². The molecule has 1 unspecified atom stereocenters. The maximum atomic E-state index is 9.75. The van der Waals surface area contributed by atoms with Crippen molar-refractivity contribution in [3.05, 3.63) is 0 Å². The smallest absolute Gasteiger partial charge is 0.0575 e. The summed E-state index contributed by atoms with van der Waals surface area (Å²) in [5.41, 5.74) is 0.00147. The molecular weight excluding hydrogens is 198 g/mol. The van der Waals surface area contributed by atoms with Gasteiger partial charge in [0.1, 0.15) is 0 Å². The normalized spacial score (nSPS) is 14.4. The van der Waals surface area contributed by atoms with Gasteiger partial charge in [-0.3, -0.25) is 0 Å². The van der Waals surface area contributed by atoms with E-state index in [1.165, 1.54) is 38.8 Å². The van der Waals surface area contributed by atoms with Crippen molar-refractivity contribution in [2.45, 2.75) is 66.4 Å². The van der Waals surface area contributed by atoms with Gasteiger partial charge in [0.25, 0.3) is 0 Å². The molecular formula is C14H31NO. The number of unbranched alkanes of at least 4 members (excludes halogenated alkanes) is 2. The number of hydrogen-bond donors (Lipinski definition) is 1. The monoisotopic (exact) mass is 229 g/mol. The fourth-order valence-electron chi connectivity index (χ4n) is 1.74. The van der Waals surface area contributed by atoms with Crippen molar-refractivity contribution in [1.82, 2.24) is 4.90 Å². The topological polar surface area (TPSA) is 23.5 Å². The molecule has 0 heterocycles. The molecule has 0 rings (SSSR count). The summed E-state index contributed by atoms with van der Waals surface area (Å²) in [5, 5.41) is 9.75. The minimum absolute atomic E-state index is 0.00147. The van der Waals surface area contributed by atoms with E-state index in [1.54, 1.807) is 0 Å². The zero-order valence-corrected chi connectivity index (χ0v) is 11.9. The lowest BCUT2D eigenvalue weighted by Gasteiger charge is -2.35. The van der Waals surface area contributed by atoms with Crippen LogP contribution in [0.3, 0.4) is 0 Å². The molecule has 0 amide bonds. The quantitative estimate of drug-likeness (QED) is 0.656. The van der Waals surface area contributed by atoms with Crippen molar-refractivity contribution >= 4 is 0 Å². The van der Waals surface area contributed by atoms with Crippen LogP contribution in [0.5, 0.6) is 0 Å². The fraction of sp³-hybridized carbons (Fsp3) is 1.00. The van der Waals surface area contributed by atoms with Crippen LogP contribution in [0.25, 0.3) is 0 Å². The minimum Gasteiger partial charge on any atom is -0.393 e. The van der Waals surface area contributed by atoms with Crippen LogP contribution in [0, 0.1) is 5.41 Å². The zero-order valence-electron chi connectivity index (χ0n) is 11.9. The molecule has 0 aromatic carbocycles. The Bertz CT molecular complexity index is 158. The Kier molecular flexibility index (Phi) is 8.04. The Balaban J connectivity index is 4.17. The van der Waals surface area contributed by atoms with Crippen LogP contribution in [0.1, 0.15) is 60.3 Å². The number of nitrogens with zero attached hydrogens (tertiary/aromatic N) is 1. The summed E-state index contributed by atoms with van der Waals surface area (Å²) in [6.07, 6.45) is 4.78. The third-order valence-corrected chi connectivity index (χ3v) is 3.42. The molecule has 0 aliphatic heterocycles. The van der Waals surface area contributed by atoms with E-state index in [2.05, 4.69) is 32.6 Å². The van der Waals surface area contributed by atoms with Crippen LogP contribution in [0.4, 0.5) is 0 Å². The van der Waals surface area contributed by atoms with Crippen LogP contribution in [-0.4, -0.2) is 35.7 Å². The molecule has 0 aromatic heterocycles. The van der Waals surface area contributed by atoms with Crippen molar-refractivity contribution in [3.63, 3.8) is 0 Å². The number of aliphatic hydroxyl groups is 1. The van der Waals surface area contributed by atoms with E-state index >= 15 is 0 Å². The van der Waals surface area contributed by atoms with Gasteiger partial charge in [-0.15, -0.1) is 0 Å². The largest absolute Gasteiger partial charge is 0.393 e. The molecule has 2 nitrogen and oxygen atoms in total. The van der Waals surface area contributed by atoms with Gasteiger partial charge in [-0.25, -0.2) is 0 Å². The van der Waals surface area contributed by atoms with Gasteiger partial charge >= 0.3 is 0 Å². The summed E-state index contributed by atoms with van der Waals surface area (Å²) < 4.78 is 0. The summed E-state index contributed by atoms with van der Waals surface area (Å²) in [4.78, 5) is 2.51. The third-order valence-electron chi connectivity index (χ3n) is 3.42. The van der Waals surface area contributed by atoms with Crippen LogP contribution in [0.15, 0.2) is 0 Å². The van der Waals surface area contributed by atoms with E-state index in [-0.39, 0.29) is 11.5 Å². The average Bonchev–Trinajstić information content (AvgIpc) is 2.21. The molecule has 0 spiro atoms. The second-order valence-electron chi connectivity index (χ2n) is 5.65. The Morgan fingerprint density at radius 1 is 1.06 bits per heavy atom. The van der Waals surface area contributed by atoms with E-state index in [4.69, 9.17) is 0 Å². The van der Waals surface area contributed by atoms with E-state index in [9.17, 15) is 5.11 Å². The lowest BCUT2D eigenvalue weighted by atomic mass is 9.86. The van der Waals surface area contributed by atoms with Crippen molar-refractivity contribution in [1.29, 1.82) is 0 Å². The van der Waals surface area contributed by atoms with Gasteiger partial charge in [0.15, 0.2) is 0 Å². The highest BCUT2D eigenvalue weighted by molar-refractivity contribution is 4.78. The lowest BCUT2D eigenvalue weighted by molar-refractivity contribution is 0.0337. The second-order valence-corrected chi connectivity index (χ2v) is 5.65. The van der Waals surface area contributed by atoms with Crippen LogP contribution in [0.2, 0.25) is 0 Å². The Morgan fingerprint density at radius 3 is 1.81 bits per heavy atom. The number of hydrogen-bond acceptors (Lipinski definition) is 2. The number of rotatable bonds is 9. The number of aliphatic hydroxyl groups excluding tert-OH is 1. The van der Waals surface area contributed by atoms with Gasteiger partial charge in [0.2, 0.25) is 0 Å². The first-order valence-electron chi connectivity index (χ1n) is 6.84. The van der Waals surface area contributed by atoms with Crippen molar-refractivity contribution in [3.8, 4) is 0 Å². The fourth-order valence-corrected chi connectivity index (χ4v) is 1.74. The second kappa shape index (κ2) is 8.08. The summed E-state index contributed by atoms with van der Waals surface area (Å²) in [6, 6.07) is 0. The summed E-state index contributed by atoms with van der Waals surface area (Å²) in [5.74, 6) is 0. The Morgan fingerprint density at radius 2 is 1.50 bits per heavy atom. The highest BCUT2D eigenvalue weighted by atomic mass is 16.3. The molecule has 0 aliphatic carbocycles. The molecule has 1 N–H and O–H groups in total. The molecule has 1 atom stereocenters. The summed E-state index contributed by atoms with van der Waals surface area (Å²) >= 11 is 0. The average molecular weight is 229 g/mol. The van der Waals surface area contributed by atoms with E-state index in [0.717, 1.165) is 6.54 Å².